The Labute approximate surface area is 179 Å². The lowest BCUT2D eigenvalue weighted by Crippen LogP contribution is -3.12. The van der Waals surface area contributed by atoms with E-state index in [9.17, 15) is 14.9 Å². The monoisotopic (exact) mass is 422 g/mol. The quantitative estimate of drug-likeness (QED) is 0.480. The summed E-state index contributed by atoms with van der Waals surface area (Å²) in [5.74, 6) is 0.155. The molecule has 1 aliphatic rings. The summed E-state index contributed by atoms with van der Waals surface area (Å²) in [6, 6.07) is 11.7. The Kier molecular flexibility index (Phi) is 5.68. The van der Waals surface area contributed by atoms with Gasteiger partial charge in [-0.1, -0.05) is 6.07 Å². The highest BCUT2D eigenvalue weighted by Gasteiger charge is 2.24. The van der Waals surface area contributed by atoms with Crippen molar-refractivity contribution in [3.8, 4) is 5.75 Å². The van der Waals surface area contributed by atoms with Gasteiger partial charge in [-0.15, -0.1) is 0 Å². The summed E-state index contributed by atoms with van der Waals surface area (Å²) in [7, 11) is 3.68. The first kappa shape index (κ1) is 20.5. The molecule has 2 aromatic carbocycles. The normalized spacial score (nSPS) is 14.5. The number of amides is 1. The number of nitro groups is 1. The number of benzene rings is 2. The summed E-state index contributed by atoms with van der Waals surface area (Å²) in [6.45, 7) is 3.41. The van der Waals surface area contributed by atoms with Crippen LogP contribution in [0.3, 0.4) is 0 Å². The fourth-order valence-corrected chi connectivity index (χ4v) is 3.79. The molecule has 0 unspecified atom stereocenters. The molecule has 31 heavy (non-hydrogen) atoms. The van der Waals surface area contributed by atoms with Crippen LogP contribution >= 0.6 is 0 Å². The van der Waals surface area contributed by atoms with E-state index in [2.05, 4.69) is 22.2 Å². The van der Waals surface area contributed by atoms with Crippen molar-refractivity contribution in [1.29, 1.82) is 0 Å². The third-order valence-corrected chi connectivity index (χ3v) is 5.56. The highest BCUT2D eigenvalue weighted by molar-refractivity contribution is 6.11. The van der Waals surface area contributed by atoms with Crippen molar-refractivity contribution < 1.29 is 19.4 Å². The molecule has 0 atom stereocenters. The van der Waals surface area contributed by atoms with Gasteiger partial charge in [-0.05, 0) is 18.2 Å². The lowest BCUT2D eigenvalue weighted by molar-refractivity contribution is -0.880. The molecule has 2 N–H and O–H groups in total. The Morgan fingerprint density at radius 2 is 2.00 bits per heavy atom. The summed E-state index contributed by atoms with van der Waals surface area (Å²) in [4.78, 5) is 32.1. The van der Waals surface area contributed by atoms with Crippen molar-refractivity contribution in [1.82, 2.24) is 4.98 Å². The highest BCUT2D eigenvalue weighted by atomic mass is 16.6. The van der Waals surface area contributed by atoms with Gasteiger partial charge in [-0.2, -0.15) is 0 Å². The van der Waals surface area contributed by atoms with Gasteiger partial charge in [0, 0.05) is 29.8 Å². The maximum atomic E-state index is 13.3. The predicted molar refractivity (Wildman–Crippen MR) is 118 cm³/mol. The molecular weight excluding hydrogens is 398 g/mol. The molecule has 3 aromatic rings. The van der Waals surface area contributed by atoms with E-state index in [4.69, 9.17) is 4.74 Å². The van der Waals surface area contributed by atoms with E-state index in [1.807, 2.05) is 12.1 Å². The summed E-state index contributed by atoms with van der Waals surface area (Å²) in [5.41, 5.74) is 1.94. The average Bonchev–Trinajstić information content (AvgIpc) is 2.79. The zero-order valence-corrected chi connectivity index (χ0v) is 17.4. The number of hydrogen-bond donors (Lipinski definition) is 2. The van der Waals surface area contributed by atoms with Crippen molar-refractivity contribution >= 4 is 33.9 Å². The Bertz CT molecular complexity index is 1140. The third-order valence-electron chi connectivity index (χ3n) is 5.56. The van der Waals surface area contributed by atoms with Crippen LogP contribution in [0.5, 0.6) is 5.75 Å². The first-order valence-corrected chi connectivity index (χ1v) is 10.0. The van der Waals surface area contributed by atoms with Crippen LogP contribution in [0.1, 0.15) is 10.4 Å². The fourth-order valence-electron chi connectivity index (χ4n) is 3.79. The van der Waals surface area contributed by atoms with Gasteiger partial charge in [0.05, 0.1) is 67.7 Å². The van der Waals surface area contributed by atoms with Gasteiger partial charge in [0.15, 0.2) is 0 Å². The molecular formula is C22H24N5O4+. The zero-order chi connectivity index (χ0) is 22.0. The van der Waals surface area contributed by atoms with E-state index in [-0.39, 0.29) is 11.3 Å². The predicted octanol–water partition coefficient (Wildman–Crippen LogP) is 1.74. The number of anilines is 2. The number of nitro benzene ring substituents is 1. The van der Waals surface area contributed by atoms with Crippen LogP contribution in [-0.2, 0) is 0 Å². The summed E-state index contributed by atoms with van der Waals surface area (Å²) in [5, 5.41) is 15.1. The number of hydrogen-bond acceptors (Lipinski definition) is 6. The number of non-ortho nitro benzene ring substituents is 1. The molecule has 160 valence electrons. The fraction of sp³-hybridized carbons (Fsp3) is 0.273. The first-order chi connectivity index (χ1) is 15.0. The minimum Gasteiger partial charge on any atom is -0.497 e. The number of aromatic nitrogens is 1. The minimum absolute atomic E-state index is 0.123. The summed E-state index contributed by atoms with van der Waals surface area (Å²) >= 11 is 0. The van der Waals surface area contributed by atoms with Crippen molar-refractivity contribution in [3.63, 3.8) is 0 Å². The first-order valence-electron chi connectivity index (χ1n) is 10.0. The smallest absolute Gasteiger partial charge is 0.270 e. The molecule has 0 radical (unpaired) electrons. The standard InChI is InChI=1S/C22H23N5O4/c1-25-8-10-26(11-9-25)20-6-5-16(27(29)30)13-18(20)22(28)24-19-14-17(31-2)12-15-4-3-7-23-21(15)19/h3-7,12-14H,8-11H2,1-2H3,(H,24,28)/p+1. The Hall–Kier alpha value is -3.72. The molecule has 1 amide bonds. The van der Waals surface area contributed by atoms with Crippen LogP contribution in [0.2, 0.25) is 0 Å². The van der Waals surface area contributed by atoms with E-state index >= 15 is 0 Å². The largest absolute Gasteiger partial charge is 0.497 e. The topological polar surface area (TPSA) is 102 Å². The molecule has 2 heterocycles. The SMILES string of the molecule is COc1cc(NC(=O)c2cc([N+](=O)[O-])ccc2N2CC[NH+](C)CC2)c2ncccc2c1. The van der Waals surface area contributed by atoms with Gasteiger partial charge in [0.25, 0.3) is 11.6 Å². The van der Waals surface area contributed by atoms with Crippen LogP contribution in [0, 0.1) is 10.1 Å². The van der Waals surface area contributed by atoms with Crippen LogP contribution in [0.4, 0.5) is 17.1 Å². The number of carbonyl (C=O) groups is 1. The zero-order valence-electron chi connectivity index (χ0n) is 17.4. The lowest BCUT2D eigenvalue weighted by atomic mass is 10.1. The molecule has 1 saturated heterocycles. The van der Waals surface area contributed by atoms with Gasteiger partial charge in [-0.25, -0.2) is 0 Å². The molecule has 9 nitrogen and oxygen atoms in total. The lowest BCUT2D eigenvalue weighted by Gasteiger charge is -2.32. The number of quaternary nitrogens is 1. The van der Waals surface area contributed by atoms with Crippen LogP contribution in [0.25, 0.3) is 10.9 Å². The number of piperazine rings is 1. The second kappa shape index (κ2) is 8.57. The van der Waals surface area contributed by atoms with Crippen molar-refractivity contribution in [2.45, 2.75) is 0 Å². The number of nitrogens with one attached hydrogen (secondary N) is 2. The molecule has 4 rings (SSSR count). The number of carbonyl (C=O) groups excluding carboxylic acids is 1. The molecule has 9 heteroatoms. The van der Waals surface area contributed by atoms with E-state index in [0.717, 1.165) is 31.6 Å². The van der Waals surface area contributed by atoms with E-state index < -0.39 is 10.8 Å². The van der Waals surface area contributed by atoms with Crippen molar-refractivity contribution in [3.05, 3.63) is 64.3 Å². The van der Waals surface area contributed by atoms with Crippen LogP contribution < -0.4 is 19.9 Å². The van der Waals surface area contributed by atoms with E-state index in [0.29, 0.717) is 22.6 Å². The van der Waals surface area contributed by atoms with Gasteiger partial charge in [0.1, 0.15) is 5.75 Å². The molecule has 0 saturated carbocycles. The van der Waals surface area contributed by atoms with Gasteiger partial charge >= 0.3 is 0 Å². The number of methoxy groups -OCH3 is 1. The Morgan fingerprint density at radius 3 is 2.71 bits per heavy atom. The van der Waals surface area contributed by atoms with Gasteiger partial charge in [0.2, 0.25) is 0 Å². The number of fused-ring (bicyclic) bond motifs is 1. The van der Waals surface area contributed by atoms with E-state index in [1.54, 1.807) is 31.5 Å². The number of pyridine rings is 1. The molecule has 0 aliphatic carbocycles. The number of ether oxygens (including phenoxy) is 1. The summed E-state index contributed by atoms with van der Waals surface area (Å²) in [6.07, 6.45) is 1.65. The van der Waals surface area contributed by atoms with E-state index in [1.165, 1.54) is 17.0 Å². The maximum Gasteiger partial charge on any atom is 0.270 e. The minimum atomic E-state index is -0.489. The van der Waals surface area contributed by atoms with Crippen LogP contribution in [0.15, 0.2) is 48.7 Å². The van der Waals surface area contributed by atoms with Crippen molar-refractivity contribution in [2.24, 2.45) is 0 Å². The molecule has 0 spiro atoms. The second-order valence-electron chi connectivity index (χ2n) is 7.61. The number of rotatable bonds is 5. The second-order valence-corrected chi connectivity index (χ2v) is 7.61. The third kappa shape index (κ3) is 4.26. The number of nitrogens with zero attached hydrogens (tertiary/aromatic N) is 3. The maximum absolute atomic E-state index is 13.3. The molecule has 1 aromatic heterocycles. The average molecular weight is 422 g/mol. The van der Waals surface area contributed by atoms with Crippen LogP contribution in [-0.4, -0.2) is 56.2 Å². The molecule has 1 fully saturated rings. The Balaban J connectivity index is 1.73. The molecule has 1 aliphatic heterocycles. The molecule has 0 bridgehead atoms. The number of likely N-dealkylation sites (N-methyl/N-ethyl adjacent to an activating group) is 1. The van der Waals surface area contributed by atoms with Crippen molar-refractivity contribution in [2.75, 3.05) is 50.6 Å². The summed E-state index contributed by atoms with van der Waals surface area (Å²) < 4.78 is 5.35. The highest BCUT2D eigenvalue weighted by Crippen LogP contribution is 2.30. The van der Waals surface area contributed by atoms with Gasteiger partial charge < -0.3 is 19.9 Å². The Morgan fingerprint density at radius 1 is 1.23 bits per heavy atom. The van der Waals surface area contributed by atoms with Gasteiger partial charge in [-0.3, -0.25) is 19.9 Å².